The van der Waals surface area contributed by atoms with Crippen LogP contribution in [-0.4, -0.2) is 35.2 Å². The van der Waals surface area contributed by atoms with Crippen molar-refractivity contribution in [3.8, 4) is 0 Å². The minimum Gasteiger partial charge on any atom is -0.324 e. The van der Waals surface area contributed by atoms with Crippen LogP contribution in [0.2, 0.25) is 0 Å². The summed E-state index contributed by atoms with van der Waals surface area (Å²) in [6.45, 7) is 1.87. The number of benzene rings is 3. The minimum atomic E-state index is -3.83. The van der Waals surface area contributed by atoms with Crippen molar-refractivity contribution in [3.63, 3.8) is 0 Å². The minimum absolute atomic E-state index is 0.0598. The quantitative estimate of drug-likeness (QED) is 0.432. The van der Waals surface area contributed by atoms with Gasteiger partial charge < -0.3 is 4.84 Å². The first-order chi connectivity index (χ1) is 15.8. The van der Waals surface area contributed by atoms with Gasteiger partial charge in [-0.3, -0.25) is 9.59 Å². The molecule has 0 aliphatic carbocycles. The molecule has 2 heterocycles. The normalized spacial score (nSPS) is 13.4. The van der Waals surface area contributed by atoms with Crippen LogP contribution >= 0.6 is 0 Å². The smallest absolute Gasteiger partial charge is 0.324 e. The van der Waals surface area contributed by atoms with E-state index >= 15 is 0 Å². The van der Waals surface area contributed by atoms with Crippen molar-refractivity contribution in [2.45, 2.75) is 11.8 Å². The number of hydrogen-bond acceptors (Lipinski definition) is 6. The predicted molar refractivity (Wildman–Crippen MR) is 118 cm³/mol. The van der Waals surface area contributed by atoms with Gasteiger partial charge >= 0.3 is 5.97 Å². The topological polar surface area (TPSA) is 103 Å². The highest BCUT2D eigenvalue weighted by Gasteiger charge is 2.38. The highest BCUT2D eigenvalue weighted by Crippen LogP contribution is 2.26. The van der Waals surface area contributed by atoms with Gasteiger partial charge in [0.25, 0.3) is 21.8 Å². The molecule has 0 radical (unpaired) electrons. The number of aromatic nitrogens is 1. The van der Waals surface area contributed by atoms with E-state index in [4.69, 9.17) is 4.84 Å². The molecule has 5 rings (SSSR count). The van der Waals surface area contributed by atoms with Gasteiger partial charge in [0.15, 0.2) is 0 Å². The Hall–Kier alpha value is -4.24. The van der Waals surface area contributed by atoms with Crippen molar-refractivity contribution in [1.82, 2.24) is 9.04 Å². The molecule has 0 bridgehead atoms. The van der Waals surface area contributed by atoms with Crippen molar-refractivity contribution < 1.29 is 27.6 Å². The average molecular weight is 460 g/mol. The largest absolute Gasteiger partial charge is 0.363 e. The zero-order chi connectivity index (χ0) is 23.3. The van der Waals surface area contributed by atoms with Crippen molar-refractivity contribution in [1.29, 1.82) is 0 Å². The second-order valence-electron chi connectivity index (χ2n) is 7.53. The lowest BCUT2D eigenvalue weighted by Crippen LogP contribution is -2.32. The van der Waals surface area contributed by atoms with Crippen LogP contribution in [0.5, 0.6) is 0 Å². The second-order valence-corrected chi connectivity index (χ2v) is 9.35. The van der Waals surface area contributed by atoms with Gasteiger partial charge in [0.1, 0.15) is 0 Å². The molecule has 3 aromatic carbocycles. The molecule has 2 amide bonds. The molecule has 8 nitrogen and oxygen atoms in total. The first-order valence-corrected chi connectivity index (χ1v) is 11.3. The Labute approximate surface area is 188 Å². The van der Waals surface area contributed by atoms with E-state index in [1.165, 1.54) is 48.7 Å². The molecule has 0 saturated heterocycles. The number of aryl methyl sites for hydroxylation is 1. The first kappa shape index (κ1) is 20.7. The van der Waals surface area contributed by atoms with Crippen molar-refractivity contribution in [3.05, 3.63) is 101 Å². The van der Waals surface area contributed by atoms with Crippen molar-refractivity contribution in [2.24, 2.45) is 0 Å². The predicted octanol–water partition coefficient (Wildman–Crippen LogP) is 3.55. The van der Waals surface area contributed by atoms with Gasteiger partial charge in [0.05, 0.1) is 27.1 Å². The number of rotatable bonds is 4. The van der Waals surface area contributed by atoms with Crippen LogP contribution in [0.25, 0.3) is 10.9 Å². The van der Waals surface area contributed by atoms with E-state index in [1.807, 2.05) is 6.92 Å². The number of hydrogen-bond donors (Lipinski definition) is 0. The summed E-state index contributed by atoms with van der Waals surface area (Å²) in [6, 6.07) is 18.5. The summed E-state index contributed by atoms with van der Waals surface area (Å²) < 4.78 is 27.2. The molecule has 164 valence electrons. The first-order valence-electron chi connectivity index (χ1n) is 9.91. The van der Waals surface area contributed by atoms with E-state index in [0.717, 1.165) is 9.54 Å². The van der Waals surface area contributed by atoms with Crippen molar-refractivity contribution >= 4 is 38.7 Å². The molecule has 1 aromatic heterocycles. The number of hydroxylamine groups is 2. The molecule has 0 fully saturated rings. The molecule has 0 spiro atoms. The Morgan fingerprint density at radius 1 is 0.848 bits per heavy atom. The molecule has 9 heteroatoms. The molecule has 4 aromatic rings. The van der Waals surface area contributed by atoms with Crippen LogP contribution in [0.3, 0.4) is 0 Å². The third kappa shape index (κ3) is 3.30. The van der Waals surface area contributed by atoms with E-state index in [2.05, 4.69) is 0 Å². The van der Waals surface area contributed by atoms with Crippen LogP contribution < -0.4 is 0 Å². The van der Waals surface area contributed by atoms with Crippen molar-refractivity contribution in [2.75, 3.05) is 0 Å². The Morgan fingerprint density at radius 3 is 2.12 bits per heavy atom. The standard InChI is InChI=1S/C24H16N2O6S/c1-15-6-9-18(10-7-15)33(30,31)25-13-12-16-14-17(8-11-21(16)25)24(29)32-26-22(27)19-4-2-3-5-20(19)23(26)28/h2-14H,1H3. The zero-order valence-electron chi connectivity index (χ0n) is 17.3. The van der Waals surface area contributed by atoms with Crippen LogP contribution in [0, 0.1) is 6.92 Å². The molecular formula is C24H16N2O6S. The number of amides is 2. The number of nitrogens with zero attached hydrogens (tertiary/aromatic N) is 2. The van der Waals surface area contributed by atoms with E-state index in [1.54, 1.807) is 30.3 Å². The van der Waals surface area contributed by atoms with Gasteiger partial charge in [0.2, 0.25) is 0 Å². The van der Waals surface area contributed by atoms with Gasteiger partial charge in [0, 0.05) is 11.6 Å². The summed E-state index contributed by atoms with van der Waals surface area (Å²) >= 11 is 0. The Bertz CT molecular complexity index is 1530. The highest BCUT2D eigenvalue weighted by molar-refractivity contribution is 7.90. The van der Waals surface area contributed by atoms with Gasteiger partial charge in [-0.2, -0.15) is 0 Å². The number of carbonyl (C=O) groups is 3. The van der Waals surface area contributed by atoms with E-state index in [9.17, 15) is 22.8 Å². The molecular weight excluding hydrogens is 444 g/mol. The van der Waals surface area contributed by atoms with Gasteiger partial charge in [-0.05, 0) is 55.5 Å². The van der Waals surface area contributed by atoms with Crippen LogP contribution in [-0.2, 0) is 14.9 Å². The van der Waals surface area contributed by atoms with Gasteiger partial charge in [-0.1, -0.05) is 34.9 Å². The summed E-state index contributed by atoms with van der Waals surface area (Å²) in [7, 11) is -3.83. The molecule has 0 atom stereocenters. The molecule has 1 aliphatic rings. The zero-order valence-corrected chi connectivity index (χ0v) is 18.1. The van der Waals surface area contributed by atoms with Gasteiger partial charge in [-0.15, -0.1) is 0 Å². The number of carbonyl (C=O) groups excluding carboxylic acids is 3. The molecule has 1 aliphatic heterocycles. The maximum Gasteiger partial charge on any atom is 0.363 e. The maximum atomic E-state index is 13.0. The molecule has 33 heavy (non-hydrogen) atoms. The van der Waals surface area contributed by atoms with E-state index in [-0.39, 0.29) is 21.6 Å². The lowest BCUT2D eigenvalue weighted by atomic mass is 10.1. The van der Waals surface area contributed by atoms with Crippen LogP contribution in [0.1, 0.15) is 36.6 Å². The fourth-order valence-electron chi connectivity index (χ4n) is 3.66. The molecule has 0 saturated carbocycles. The number of imide groups is 1. The van der Waals surface area contributed by atoms with E-state index < -0.39 is 27.8 Å². The summed E-state index contributed by atoms with van der Waals surface area (Å²) in [5.74, 6) is -2.36. The Morgan fingerprint density at radius 2 is 1.48 bits per heavy atom. The van der Waals surface area contributed by atoms with Gasteiger partial charge in [-0.25, -0.2) is 17.2 Å². The Kier molecular flexibility index (Phi) is 4.64. The molecule has 0 unspecified atom stereocenters. The summed E-state index contributed by atoms with van der Waals surface area (Å²) in [5, 5.41) is 0.909. The van der Waals surface area contributed by atoms with E-state index in [0.29, 0.717) is 16.0 Å². The lowest BCUT2D eigenvalue weighted by molar-refractivity contribution is -0.0584. The second kappa shape index (κ2) is 7.42. The summed E-state index contributed by atoms with van der Waals surface area (Å²) in [5.41, 5.74) is 1.68. The highest BCUT2D eigenvalue weighted by atomic mass is 32.2. The Balaban J connectivity index is 1.43. The monoisotopic (exact) mass is 460 g/mol. The fourth-order valence-corrected chi connectivity index (χ4v) is 5.02. The third-order valence-corrected chi connectivity index (χ3v) is 7.10. The fraction of sp³-hybridized carbons (Fsp3) is 0.0417. The summed E-state index contributed by atoms with van der Waals surface area (Å²) in [6.07, 6.45) is 1.40. The lowest BCUT2D eigenvalue weighted by Gasteiger charge is -2.13. The SMILES string of the molecule is Cc1ccc(S(=O)(=O)n2ccc3cc(C(=O)ON4C(=O)c5ccccc5C4=O)ccc32)cc1. The maximum absolute atomic E-state index is 13.0. The third-order valence-electron chi connectivity index (χ3n) is 5.40. The molecule has 0 N–H and O–H groups in total. The summed E-state index contributed by atoms with van der Waals surface area (Å²) in [4.78, 5) is 42.7. The average Bonchev–Trinajstić information content (AvgIpc) is 3.35. The van der Waals surface area contributed by atoms with Crippen LogP contribution in [0.4, 0.5) is 0 Å². The number of fused-ring (bicyclic) bond motifs is 2. The van der Waals surface area contributed by atoms with Crippen LogP contribution in [0.15, 0.2) is 83.9 Å².